The van der Waals surface area contributed by atoms with Gasteiger partial charge in [0.1, 0.15) is 5.82 Å². The van der Waals surface area contributed by atoms with Gasteiger partial charge in [0, 0.05) is 17.3 Å². The number of halogens is 1. The first kappa shape index (κ1) is 15.2. The maximum absolute atomic E-state index is 12.9. The van der Waals surface area contributed by atoms with Crippen molar-refractivity contribution in [3.05, 3.63) is 58.0 Å². The highest BCUT2D eigenvalue weighted by Crippen LogP contribution is 2.23. The molecule has 4 heteroatoms. The Morgan fingerprint density at radius 2 is 1.95 bits per heavy atom. The van der Waals surface area contributed by atoms with Crippen molar-refractivity contribution in [2.24, 2.45) is 5.73 Å². The largest absolute Gasteiger partial charge is 0.392 e. The first-order chi connectivity index (χ1) is 9.70. The molecule has 3 N–H and O–H groups in total. The molecular weight excluding hydrogens is 273 g/mol. The number of benzene rings is 1. The van der Waals surface area contributed by atoms with Gasteiger partial charge in [-0.2, -0.15) is 0 Å². The Morgan fingerprint density at radius 3 is 2.55 bits per heavy atom. The Hall–Kier alpha value is -1.23. The van der Waals surface area contributed by atoms with E-state index in [0.717, 1.165) is 18.4 Å². The highest BCUT2D eigenvalue weighted by Gasteiger charge is 2.19. The second-order valence-electron chi connectivity index (χ2n) is 4.93. The molecule has 0 bridgehead atoms. The van der Waals surface area contributed by atoms with Crippen LogP contribution in [0.2, 0.25) is 0 Å². The van der Waals surface area contributed by atoms with Gasteiger partial charge in [0.2, 0.25) is 0 Å². The molecule has 0 aliphatic heterocycles. The molecule has 2 atom stereocenters. The lowest BCUT2D eigenvalue weighted by Gasteiger charge is -2.21. The number of aliphatic hydroxyl groups is 1. The minimum absolute atomic E-state index is 0.126. The van der Waals surface area contributed by atoms with Gasteiger partial charge in [0.15, 0.2) is 0 Å². The van der Waals surface area contributed by atoms with Gasteiger partial charge in [-0.25, -0.2) is 4.39 Å². The van der Waals surface area contributed by atoms with E-state index in [4.69, 9.17) is 5.73 Å². The minimum atomic E-state index is -0.481. The molecule has 0 aliphatic rings. The summed E-state index contributed by atoms with van der Waals surface area (Å²) in [7, 11) is 0. The molecule has 0 radical (unpaired) electrons. The lowest BCUT2D eigenvalue weighted by Crippen LogP contribution is -2.26. The van der Waals surface area contributed by atoms with Crippen molar-refractivity contribution in [1.82, 2.24) is 0 Å². The van der Waals surface area contributed by atoms with Gasteiger partial charge in [-0.05, 0) is 48.4 Å². The van der Waals surface area contributed by atoms with Gasteiger partial charge < -0.3 is 10.8 Å². The van der Waals surface area contributed by atoms with Crippen LogP contribution in [-0.4, -0.2) is 17.8 Å². The van der Waals surface area contributed by atoms with Gasteiger partial charge in [-0.15, -0.1) is 11.3 Å². The van der Waals surface area contributed by atoms with E-state index in [9.17, 15) is 9.50 Å². The molecule has 2 nitrogen and oxygen atoms in total. The van der Waals surface area contributed by atoms with E-state index in [1.165, 1.54) is 17.0 Å². The molecule has 0 saturated heterocycles. The molecule has 1 heterocycles. The summed E-state index contributed by atoms with van der Waals surface area (Å²) in [4.78, 5) is 1.34. The van der Waals surface area contributed by atoms with Crippen molar-refractivity contribution in [3.8, 4) is 0 Å². The van der Waals surface area contributed by atoms with E-state index in [1.807, 2.05) is 6.07 Å². The number of rotatable bonds is 7. The zero-order valence-corrected chi connectivity index (χ0v) is 12.2. The average molecular weight is 293 g/mol. The van der Waals surface area contributed by atoms with Crippen LogP contribution in [-0.2, 0) is 6.42 Å². The SMILES string of the molecule is NCC(c1ccc(F)cc1)C(O)CCCc1cccs1. The third kappa shape index (κ3) is 4.13. The molecule has 0 saturated carbocycles. The van der Waals surface area contributed by atoms with Crippen LogP contribution in [0.4, 0.5) is 4.39 Å². The van der Waals surface area contributed by atoms with Gasteiger partial charge in [-0.1, -0.05) is 18.2 Å². The van der Waals surface area contributed by atoms with Crippen molar-refractivity contribution in [2.75, 3.05) is 6.54 Å². The van der Waals surface area contributed by atoms with Crippen molar-refractivity contribution in [2.45, 2.75) is 31.3 Å². The number of hydrogen-bond acceptors (Lipinski definition) is 3. The Bertz CT molecular complexity index is 498. The van der Waals surface area contributed by atoms with Crippen molar-refractivity contribution < 1.29 is 9.50 Å². The highest BCUT2D eigenvalue weighted by molar-refractivity contribution is 7.09. The van der Waals surface area contributed by atoms with Crippen molar-refractivity contribution >= 4 is 11.3 Å². The second-order valence-corrected chi connectivity index (χ2v) is 5.96. The molecule has 2 aromatic rings. The first-order valence-electron chi connectivity index (χ1n) is 6.86. The summed E-state index contributed by atoms with van der Waals surface area (Å²) in [6, 6.07) is 10.4. The molecule has 1 aromatic heterocycles. The molecule has 20 heavy (non-hydrogen) atoms. The van der Waals surface area contributed by atoms with Gasteiger partial charge in [0.25, 0.3) is 0 Å². The predicted octanol–water partition coefficient (Wildman–Crippen LogP) is 3.31. The Labute approximate surface area is 123 Å². The fourth-order valence-corrected chi connectivity index (χ4v) is 3.12. The smallest absolute Gasteiger partial charge is 0.123 e. The minimum Gasteiger partial charge on any atom is -0.392 e. The van der Waals surface area contributed by atoms with E-state index < -0.39 is 6.10 Å². The Kier molecular flexibility index (Phi) is 5.71. The zero-order valence-electron chi connectivity index (χ0n) is 11.3. The van der Waals surface area contributed by atoms with Crippen LogP contribution < -0.4 is 5.73 Å². The van der Waals surface area contributed by atoms with Crippen LogP contribution in [0, 0.1) is 5.82 Å². The summed E-state index contributed by atoms with van der Waals surface area (Å²) in [5.74, 6) is -0.393. The number of aliphatic hydroxyl groups excluding tert-OH is 1. The van der Waals surface area contributed by atoms with Crippen LogP contribution in [0.5, 0.6) is 0 Å². The third-order valence-electron chi connectivity index (χ3n) is 3.52. The summed E-state index contributed by atoms with van der Waals surface area (Å²) in [5, 5.41) is 12.4. The maximum atomic E-state index is 12.9. The normalized spacial score (nSPS) is 14.2. The Balaban J connectivity index is 1.88. The van der Waals surface area contributed by atoms with Gasteiger partial charge in [-0.3, -0.25) is 0 Å². The van der Waals surface area contributed by atoms with E-state index in [0.29, 0.717) is 13.0 Å². The van der Waals surface area contributed by atoms with Crippen molar-refractivity contribution in [1.29, 1.82) is 0 Å². The molecule has 0 spiro atoms. The summed E-state index contributed by atoms with van der Waals surface area (Å²) >= 11 is 1.74. The number of nitrogens with two attached hydrogens (primary N) is 1. The molecule has 1 aromatic carbocycles. The first-order valence-corrected chi connectivity index (χ1v) is 7.74. The average Bonchev–Trinajstić information content (AvgIpc) is 2.95. The monoisotopic (exact) mass is 293 g/mol. The molecular formula is C16H20FNOS. The van der Waals surface area contributed by atoms with Crippen LogP contribution >= 0.6 is 11.3 Å². The summed E-state index contributed by atoms with van der Waals surface area (Å²) in [5.41, 5.74) is 6.66. The summed E-state index contributed by atoms with van der Waals surface area (Å²) in [6.45, 7) is 0.367. The quantitative estimate of drug-likeness (QED) is 0.822. The Morgan fingerprint density at radius 1 is 1.20 bits per heavy atom. The molecule has 0 amide bonds. The standard InChI is InChI=1S/C16H20FNOS/c17-13-8-6-12(7-9-13)15(11-18)16(19)5-1-3-14-4-2-10-20-14/h2,4,6-10,15-16,19H,1,3,5,11,18H2. The van der Waals surface area contributed by atoms with Gasteiger partial charge in [0.05, 0.1) is 6.10 Å². The zero-order chi connectivity index (χ0) is 14.4. The van der Waals surface area contributed by atoms with Crippen LogP contribution in [0.1, 0.15) is 29.2 Å². The highest BCUT2D eigenvalue weighted by atomic mass is 32.1. The van der Waals surface area contributed by atoms with Crippen molar-refractivity contribution in [3.63, 3.8) is 0 Å². The molecule has 2 rings (SSSR count). The lowest BCUT2D eigenvalue weighted by atomic mass is 9.90. The van der Waals surface area contributed by atoms with E-state index >= 15 is 0 Å². The van der Waals surface area contributed by atoms with Crippen LogP contribution in [0.15, 0.2) is 41.8 Å². The number of thiophene rings is 1. The molecule has 2 unspecified atom stereocenters. The van der Waals surface area contributed by atoms with E-state index in [-0.39, 0.29) is 11.7 Å². The molecule has 0 aliphatic carbocycles. The number of aryl methyl sites for hydroxylation is 1. The molecule has 108 valence electrons. The lowest BCUT2D eigenvalue weighted by molar-refractivity contribution is 0.133. The van der Waals surface area contributed by atoms with E-state index in [1.54, 1.807) is 23.5 Å². The predicted molar refractivity (Wildman–Crippen MR) is 81.5 cm³/mol. The maximum Gasteiger partial charge on any atom is 0.123 e. The number of hydrogen-bond donors (Lipinski definition) is 2. The fraction of sp³-hybridized carbons (Fsp3) is 0.375. The van der Waals surface area contributed by atoms with Crippen LogP contribution in [0.3, 0.4) is 0 Å². The van der Waals surface area contributed by atoms with E-state index in [2.05, 4.69) is 11.4 Å². The van der Waals surface area contributed by atoms with Crippen LogP contribution in [0.25, 0.3) is 0 Å². The second kappa shape index (κ2) is 7.53. The summed E-state index contributed by atoms with van der Waals surface area (Å²) in [6.07, 6.45) is 2.14. The summed E-state index contributed by atoms with van der Waals surface area (Å²) < 4.78 is 12.9. The molecule has 0 fully saturated rings. The fourth-order valence-electron chi connectivity index (χ4n) is 2.37. The topological polar surface area (TPSA) is 46.2 Å². The van der Waals surface area contributed by atoms with Gasteiger partial charge >= 0.3 is 0 Å². The third-order valence-corrected chi connectivity index (χ3v) is 4.46.